The van der Waals surface area contributed by atoms with Crippen molar-refractivity contribution in [1.82, 2.24) is 4.90 Å². The topological polar surface area (TPSA) is 29.3 Å². The summed E-state index contributed by atoms with van der Waals surface area (Å²) in [5, 5.41) is 0. The Hall–Kier alpha value is -1.39. The summed E-state index contributed by atoms with van der Waals surface area (Å²) in [6, 6.07) is 12.7. The first kappa shape index (κ1) is 14.0. The first-order valence-electron chi connectivity index (χ1n) is 6.01. The molecule has 2 aromatic carbocycles. The highest BCUT2D eigenvalue weighted by Gasteiger charge is 2.06. The predicted molar refractivity (Wildman–Crippen MR) is 80.1 cm³/mol. The lowest BCUT2D eigenvalue weighted by Crippen LogP contribution is -2.18. The highest BCUT2D eigenvalue weighted by Crippen LogP contribution is 2.17. The third-order valence-electron chi connectivity index (χ3n) is 2.89. The summed E-state index contributed by atoms with van der Waals surface area (Å²) in [5.74, 6) is -0.295. The molecule has 0 aliphatic carbocycles. The van der Waals surface area contributed by atoms with Gasteiger partial charge in [0.2, 0.25) is 0 Å². The van der Waals surface area contributed by atoms with Crippen LogP contribution in [0.4, 0.5) is 10.1 Å². The summed E-state index contributed by atoms with van der Waals surface area (Å²) < 4.78 is 14.0. The van der Waals surface area contributed by atoms with Crippen LogP contribution < -0.4 is 5.73 Å². The van der Waals surface area contributed by atoms with E-state index in [1.54, 1.807) is 6.07 Å². The highest BCUT2D eigenvalue weighted by atomic mass is 79.9. The first-order chi connectivity index (χ1) is 9.04. The summed E-state index contributed by atoms with van der Waals surface area (Å²) in [6.45, 7) is 1.51. The van der Waals surface area contributed by atoms with Crippen molar-refractivity contribution in [3.63, 3.8) is 0 Å². The van der Waals surface area contributed by atoms with Crippen molar-refractivity contribution in [3.05, 3.63) is 63.9 Å². The minimum Gasteiger partial charge on any atom is -0.398 e. The van der Waals surface area contributed by atoms with E-state index in [4.69, 9.17) is 5.73 Å². The van der Waals surface area contributed by atoms with Gasteiger partial charge in [0.25, 0.3) is 0 Å². The fourth-order valence-corrected chi connectivity index (χ4v) is 2.45. The molecule has 2 nitrogen and oxygen atoms in total. The molecule has 0 aliphatic heterocycles. The van der Waals surface area contributed by atoms with E-state index in [9.17, 15) is 4.39 Å². The number of hydrogen-bond donors (Lipinski definition) is 1. The first-order valence-corrected chi connectivity index (χ1v) is 6.81. The minimum atomic E-state index is -0.295. The van der Waals surface area contributed by atoms with Crippen molar-refractivity contribution < 1.29 is 4.39 Å². The van der Waals surface area contributed by atoms with E-state index in [1.165, 1.54) is 17.7 Å². The number of benzene rings is 2. The number of nitrogen functional groups attached to an aromatic ring is 1. The van der Waals surface area contributed by atoms with Crippen molar-refractivity contribution in [3.8, 4) is 0 Å². The summed E-state index contributed by atoms with van der Waals surface area (Å²) in [5.41, 5.74) is 8.48. The number of anilines is 1. The standard InChI is InChI=1S/C15H16BrFN2/c1-19(9-11-3-2-4-13(16)7-11)10-12-5-6-14(17)8-15(12)18/h2-8H,9-10,18H2,1H3. The Bertz CT molecular complexity index is 572. The molecule has 0 radical (unpaired) electrons. The number of rotatable bonds is 4. The van der Waals surface area contributed by atoms with Crippen LogP contribution in [0, 0.1) is 5.82 Å². The number of nitrogens with zero attached hydrogens (tertiary/aromatic N) is 1. The molecule has 0 heterocycles. The second-order valence-corrected chi connectivity index (χ2v) is 5.56. The molecule has 0 unspecified atom stereocenters. The van der Waals surface area contributed by atoms with E-state index in [0.717, 1.165) is 16.6 Å². The van der Waals surface area contributed by atoms with Crippen LogP contribution in [0.5, 0.6) is 0 Å². The Morgan fingerprint density at radius 2 is 1.95 bits per heavy atom. The van der Waals surface area contributed by atoms with E-state index in [1.807, 2.05) is 19.2 Å². The smallest absolute Gasteiger partial charge is 0.125 e. The maximum absolute atomic E-state index is 13.0. The molecule has 0 bridgehead atoms. The Balaban J connectivity index is 2.03. The van der Waals surface area contributed by atoms with E-state index < -0.39 is 0 Å². The van der Waals surface area contributed by atoms with Crippen molar-refractivity contribution in [2.75, 3.05) is 12.8 Å². The van der Waals surface area contributed by atoms with Crippen LogP contribution in [0.1, 0.15) is 11.1 Å². The van der Waals surface area contributed by atoms with Crippen LogP contribution >= 0.6 is 15.9 Å². The van der Waals surface area contributed by atoms with Gasteiger partial charge in [-0.2, -0.15) is 0 Å². The van der Waals surface area contributed by atoms with Crippen molar-refractivity contribution in [1.29, 1.82) is 0 Å². The molecule has 4 heteroatoms. The highest BCUT2D eigenvalue weighted by molar-refractivity contribution is 9.10. The third-order valence-corrected chi connectivity index (χ3v) is 3.38. The monoisotopic (exact) mass is 322 g/mol. The third kappa shape index (κ3) is 4.04. The average Bonchev–Trinajstić information content (AvgIpc) is 2.33. The van der Waals surface area contributed by atoms with Crippen LogP contribution in [0.2, 0.25) is 0 Å². The van der Waals surface area contributed by atoms with Gasteiger partial charge in [-0.25, -0.2) is 4.39 Å². The molecule has 0 spiro atoms. The van der Waals surface area contributed by atoms with Gasteiger partial charge in [-0.15, -0.1) is 0 Å². The van der Waals surface area contributed by atoms with Crippen LogP contribution in [-0.4, -0.2) is 11.9 Å². The summed E-state index contributed by atoms with van der Waals surface area (Å²) in [6.07, 6.45) is 0. The summed E-state index contributed by atoms with van der Waals surface area (Å²) in [4.78, 5) is 2.14. The number of halogens is 2. The van der Waals surface area contributed by atoms with E-state index in [-0.39, 0.29) is 5.82 Å². The molecule has 0 fully saturated rings. The van der Waals surface area contributed by atoms with Crippen LogP contribution in [0.15, 0.2) is 46.9 Å². The van der Waals surface area contributed by atoms with Crippen LogP contribution in [-0.2, 0) is 13.1 Å². The molecule has 0 saturated carbocycles. The van der Waals surface area contributed by atoms with Gasteiger partial charge in [0.1, 0.15) is 5.82 Å². The van der Waals surface area contributed by atoms with Gasteiger partial charge in [-0.05, 0) is 42.4 Å². The molecule has 100 valence electrons. The molecule has 19 heavy (non-hydrogen) atoms. The van der Waals surface area contributed by atoms with Crippen LogP contribution in [0.3, 0.4) is 0 Å². The Morgan fingerprint density at radius 3 is 2.63 bits per heavy atom. The minimum absolute atomic E-state index is 0.295. The van der Waals surface area contributed by atoms with Gasteiger partial charge in [-0.3, -0.25) is 4.90 Å². The van der Waals surface area contributed by atoms with Crippen LogP contribution in [0.25, 0.3) is 0 Å². The van der Waals surface area contributed by atoms with Gasteiger partial charge in [0.05, 0.1) is 0 Å². The summed E-state index contributed by atoms with van der Waals surface area (Å²) >= 11 is 3.46. The van der Waals surface area contributed by atoms with Gasteiger partial charge in [0.15, 0.2) is 0 Å². The molecule has 0 aromatic heterocycles. The van der Waals surface area contributed by atoms with Crippen molar-refractivity contribution >= 4 is 21.6 Å². The number of hydrogen-bond acceptors (Lipinski definition) is 2. The molecular weight excluding hydrogens is 307 g/mol. The van der Waals surface area contributed by atoms with Gasteiger partial charge < -0.3 is 5.73 Å². The molecular formula is C15H16BrFN2. The van der Waals surface area contributed by atoms with Gasteiger partial charge in [0, 0.05) is 23.2 Å². The Kier molecular flexibility index (Phi) is 4.56. The normalized spacial score (nSPS) is 10.9. The lowest BCUT2D eigenvalue weighted by Gasteiger charge is -2.18. The zero-order valence-corrected chi connectivity index (χ0v) is 12.3. The van der Waals surface area contributed by atoms with Crippen molar-refractivity contribution in [2.24, 2.45) is 0 Å². The zero-order valence-electron chi connectivity index (χ0n) is 10.7. The summed E-state index contributed by atoms with van der Waals surface area (Å²) in [7, 11) is 2.02. The average molecular weight is 323 g/mol. The fraction of sp³-hybridized carbons (Fsp3) is 0.200. The molecule has 0 atom stereocenters. The van der Waals surface area contributed by atoms with E-state index in [2.05, 4.69) is 33.0 Å². The molecule has 0 amide bonds. The molecule has 2 N–H and O–H groups in total. The number of nitrogens with two attached hydrogens (primary N) is 1. The predicted octanol–water partition coefficient (Wildman–Crippen LogP) is 3.80. The lowest BCUT2D eigenvalue weighted by atomic mass is 10.1. The van der Waals surface area contributed by atoms with E-state index >= 15 is 0 Å². The molecule has 0 aliphatic rings. The Morgan fingerprint density at radius 1 is 1.16 bits per heavy atom. The lowest BCUT2D eigenvalue weighted by molar-refractivity contribution is 0.319. The van der Waals surface area contributed by atoms with Gasteiger partial charge in [-0.1, -0.05) is 34.1 Å². The second-order valence-electron chi connectivity index (χ2n) is 4.65. The maximum Gasteiger partial charge on any atom is 0.125 e. The maximum atomic E-state index is 13.0. The quantitative estimate of drug-likeness (QED) is 0.867. The van der Waals surface area contributed by atoms with Gasteiger partial charge >= 0.3 is 0 Å². The SMILES string of the molecule is CN(Cc1cccc(Br)c1)Cc1ccc(F)cc1N. The second kappa shape index (κ2) is 6.17. The zero-order chi connectivity index (χ0) is 13.8. The van der Waals surface area contributed by atoms with E-state index in [0.29, 0.717) is 12.2 Å². The Labute approximate surface area is 121 Å². The molecule has 2 aromatic rings. The molecule has 0 saturated heterocycles. The molecule has 2 rings (SSSR count). The van der Waals surface area contributed by atoms with Crippen molar-refractivity contribution in [2.45, 2.75) is 13.1 Å². The fourth-order valence-electron chi connectivity index (χ4n) is 2.00. The largest absolute Gasteiger partial charge is 0.398 e.